The Morgan fingerprint density at radius 1 is 1.14 bits per heavy atom. The number of amides is 1. The third-order valence-corrected chi connectivity index (χ3v) is 4.53. The number of imidazole rings is 1. The summed E-state index contributed by atoms with van der Waals surface area (Å²) in [6, 6.07) is 13.8. The zero-order chi connectivity index (χ0) is 20.5. The fourth-order valence-corrected chi connectivity index (χ4v) is 3.11. The van der Waals surface area contributed by atoms with Crippen molar-refractivity contribution >= 4 is 28.7 Å². The first kappa shape index (κ1) is 18.7. The number of H-pyrrole nitrogens is 1. The van der Waals surface area contributed by atoms with Gasteiger partial charge in [0.2, 0.25) is 0 Å². The summed E-state index contributed by atoms with van der Waals surface area (Å²) in [4.78, 5) is 36.0. The van der Waals surface area contributed by atoms with Crippen LogP contribution in [0.15, 0.2) is 53.3 Å². The maximum atomic E-state index is 12.7. The monoisotopic (exact) mass is 409 g/mol. The molecule has 0 unspecified atom stereocenters. The quantitative estimate of drug-likeness (QED) is 0.525. The van der Waals surface area contributed by atoms with Crippen molar-refractivity contribution in [2.45, 2.75) is 6.92 Å². The number of nitrogens with one attached hydrogen (secondary N) is 1. The molecule has 3 N–H and O–H groups in total. The van der Waals surface area contributed by atoms with Gasteiger partial charge in [-0.15, -0.1) is 0 Å². The van der Waals surface area contributed by atoms with Crippen LogP contribution in [0.3, 0.4) is 0 Å². The van der Waals surface area contributed by atoms with Crippen molar-refractivity contribution in [3.05, 3.63) is 69.7 Å². The summed E-state index contributed by atoms with van der Waals surface area (Å²) >= 11 is 5.94. The maximum absolute atomic E-state index is 12.7. The van der Waals surface area contributed by atoms with Gasteiger partial charge >= 0.3 is 5.69 Å². The fourth-order valence-electron chi connectivity index (χ4n) is 2.99. The van der Waals surface area contributed by atoms with Gasteiger partial charge in [0.15, 0.2) is 17.2 Å². The average Bonchev–Trinajstić information content (AvgIpc) is 3.04. The summed E-state index contributed by atoms with van der Waals surface area (Å²) in [6.45, 7) is 2.42. The predicted octanol–water partition coefficient (Wildman–Crippen LogP) is 2.93. The highest BCUT2D eigenvalue weighted by molar-refractivity contribution is 6.30. The van der Waals surface area contributed by atoms with Gasteiger partial charge in [0.05, 0.1) is 12.3 Å². The molecule has 2 heterocycles. The van der Waals surface area contributed by atoms with Crippen LogP contribution < -0.4 is 16.2 Å². The standard InChI is InChI=1S/C20H16ClN5O3/c1-2-29-14-9-7-13(8-10-14)26-19-16(24-20(26)28)15(17(22)27)23-18(25-19)11-3-5-12(21)6-4-11/h3-10H,2H2,1H3,(H2,22,27)(H,24,28). The van der Waals surface area contributed by atoms with Crippen LogP contribution in [0.2, 0.25) is 5.02 Å². The highest BCUT2D eigenvalue weighted by Gasteiger charge is 2.20. The Morgan fingerprint density at radius 2 is 1.83 bits per heavy atom. The van der Waals surface area contributed by atoms with Crippen LogP contribution in [-0.4, -0.2) is 32.0 Å². The molecule has 8 nitrogen and oxygen atoms in total. The number of rotatable bonds is 5. The van der Waals surface area contributed by atoms with E-state index in [0.717, 1.165) is 0 Å². The zero-order valence-corrected chi connectivity index (χ0v) is 16.1. The molecule has 0 aliphatic rings. The molecule has 0 aliphatic heterocycles. The number of nitrogens with two attached hydrogens (primary N) is 1. The number of hydrogen-bond donors (Lipinski definition) is 2. The van der Waals surface area contributed by atoms with Gasteiger partial charge in [-0.1, -0.05) is 11.6 Å². The Bertz CT molecular complexity index is 1260. The lowest BCUT2D eigenvalue weighted by Gasteiger charge is -2.08. The number of ether oxygens (including phenoxy) is 1. The summed E-state index contributed by atoms with van der Waals surface area (Å²) in [5.74, 6) is 0.160. The molecule has 0 bridgehead atoms. The minimum Gasteiger partial charge on any atom is -0.494 e. The first-order chi connectivity index (χ1) is 14.0. The zero-order valence-electron chi connectivity index (χ0n) is 15.3. The van der Waals surface area contributed by atoms with Crippen molar-refractivity contribution in [1.29, 1.82) is 0 Å². The summed E-state index contributed by atoms with van der Waals surface area (Å²) in [6.07, 6.45) is 0. The lowest BCUT2D eigenvalue weighted by atomic mass is 10.2. The van der Waals surface area contributed by atoms with Crippen molar-refractivity contribution in [2.24, 2.45) is 5.73 Å². The van der Waals surface area contributed by atoms with E-state index in [4.69, 9.17) is 22.1 Å². The van der Waals surface area contributed by atoms with E-state index >= 15 is 0 Å². The Kier molecular flexibility index (Phi) is 4.77. The van der Waals surface area contributed by atoms with Crippen molar-refractivity contribution in [3.63, 3.8) is 0 Å². The van der Waals surface area contributed by atoms with Gasteiger partial charge in [-0.2, -0.15) is 0 Å². The van der Waals surface area contributed by atoms with Gasteiger partial charge < -0.3 is 15.5 Å². The molecule has 0 fully saturated rings. The van der Waals surface area contributed by atoms with E-state index in [2.05, 4.69) is 15.0 Å². The molecule has 4 aromatic rings. The van der Waals surface area contributed by atoms with Crippen LogP contribution in [0, 0.1) is 0 Å². The van der Waals surface area contributed by atoms with Crippen molar-refractivity contribution in [2.75, 3.05) is 6.61 Å². The topological polar surface area (TPSA) is 116 Å². The van der Waals surface area contributed by atoms with E-state index in [-0.39, 0.29) is 22.7 Å². The Labute approximate surface area is 169 Å². The molecule has 2 aromatic carbocycles. The van der Waals surface area contributed by atoms with E-state index < -0.39 is 11.6 Å². The second-order valence-corrected chi connectivity index (χ2v) is 6.59. The largest absolute Gasteiger partial charge is 0.494 e. The molecule has 4 rings (SSSR count). The first-order valence-electron chi connectivity index (χ1n) is 8.79. The number of aromatic amines is 1. The van der Waals surface area contributed by atoms with Gasteiger partial charge in [0.1, 0.15) is 11.3 Å². The number of primary amides is 1. The number of nitrogens with zero attached hydrogens (tertiary/aromatic N) is 3. The van der Waals surface area contributed by atoms with E-state index in [9.17, 15) is 9.59 Å². The van der Waals surface area contributed by atoms with Gasteiger partial charge in [-0.25, -0.2) is 19.3 Å². The summed E-state index contributed by atoms with van der Waals surface area (Å²) in [5.41, 5.74) is 6.58. The van der Waals surface area contributed by atoms with E-state index in [0.29, 0.717) is 28.6 Å². The van der Waals surface area contributed by atoms with Gasteiger partial charge in [-0.3, -0.25) is 4.79 Å². The van der Waals surface area contributed by atoms with Crippen molar-refractivity contribution in [3.8, 4) is 22.8 Å². The van der Waals surface area contributed by atoms with E-state index in [1.807, 2.05) is 6.92 Å². The number of benzene rings is 2. The van der Waals surface area contributed by atoms with Crippen LogP contribution in [0.5, 0.6) is 5.75 Å². The molecule has 0 aliphatic carbocycles. The molecule has 9 heteroatoms. The first-order valence-corrected chi connectivity index (χ1v) is 9.17. The summed E-state index contributed by atoms with van der Waals surface area (Å²) in [7, 11) is 0. The molecule has 0 radical (unpaired) electrons. The number of hydrogen-bond acceptors (Lipinski definition) is 5. The normalized spacial score (nSPS) is 11.0. The SMILES string of the molecule is CCOc1ccc(-n2c(=O)[nH]c3c(C(N)=O)nc(-c4ccc(Cl)cc4)nc32)cc1. The van der Waals surface area contributed by atoms with E-state index in [1.165, 1.54) is 4.57 Å². The van der Waals surface area contributed by atoms with Crippen molar-refractivity contribution in [1.82, 2.24) is 19.5 Å². The average molecular weight is 410 g/mol. The molecular formula is C20H16ClN5O3. The molecular weight excluding hydrogens is 394 g/mol. The van der Waals surface area contributed by atoms with E-state index in [1.54, 1.807) is 48.5 Å². The summed E-state index contributed by atoms with van der Waals surface area (Å²) in [5, 5.41) is 0.554. The molecule has 0 saturated carbocycles. The second-order valence-electron chi connectivity index (χ2n) is 6.16. The number of aromatic nitrogens is 4. The van der Waals surface area contributed by atoms with Gasteiger partial charge in [0.25, 0.3) is 5.91 Å². The second kappa shape index (κ2) is 7.40. The van der Waals surface area contributed by atoms with Crippen LogP contribution in [0.4, 0.5) is 0 Å². The molecule has 2 aromatic heterocycles. The lowest BCUT2D eigenvalue weighted by molar-refractivity contribution is 0.0997. The minimum absolute atomic E-state index is 0.0678. The lowest BCUT2D eigenvalue weighted by Crippen LogP contribution is -2.15. The molecule has 0 atom stereocenters. The predicted molar refractivity (Wildman–Crippen MR) is 110 cm³/mol. The van der Waals surface area contributed by atoms with Crippen LogP contribution in [0.25, 0.3) is 28.2 Å². The Morgan fingerprint density at radius 3 is 2.45 bits per heavy atom. The maximum Gasteiger partial charge on any atom is 0.332 e. The summed E-state index contributed by atoms with van der Waals surface area (Å²) < 4.78 is 6.80. The Balaban J connectivity index is 1.95. The van der Waals surface area contributed by atoms with Crippen LogP contribution in [-0.2, 0) is 0 Å². The fraction of sp³-hybridized carbons (Fsp3) is 0.100. The van der Waals surface area contributed by atoms with Gasteiger partial charge in [-0.05, 0) is 55.5 Å². The molecule has 29 heavy (non-hydrogen) atoms. The number of halogens is 1. The molecule has 0 saturated heterocycles. The Hall–Kier alpha value is -3.65. The highest BCUT2D eigenvalue weighted by Crippen LogP contribution is 2.24. The number of carbonyl (C=O) groups excluding carboxylic acids is 1. The molecule has 1 amide bonds. The minimum atomic E-state index is -0.771. The van der Waals surface area contributed by atoms with Crippen LogP contribution >= 0.6 is 11.6 Å². The van der Waals surface area contributed by atoms with Crippen molar-refractivity contribution < 1.29 is 9.53 Å². The third kappa shape index (κ3) is 3.45. The smallest absolute Gasteiger partial charge is 0.332 e. The highest BCUT2D eigenvalue weighted by atomic mass is 35.5. The molecule has 0 spiro atoms. The third-order valence-electron chi connectivity index (χ3n) is 4.28. The van der Waals surface area contributed by atoms with Crippen LogP contribution in [0.1, 0.15) is 17.4 Å². The number of fused-ring (bicyclic) bond motifs is 1. The molecule has 146 valence electrons. The number of carbonyl (C=O) groups is 1. The van der Waals surface area contributed by atoms with Gasteiger partial charge in [0, 0.05) is 10.6 Å².